The van der Waals surface area contributed by atoms with Crippen LogP contribution in [-0.4, -0.2) is 39.7 Å². The maximum absolute atomic E-state index is 12.3. The first-order valence-electron chi connectivity index (χ1n) is 8.94. The lowest BCUT2D eigenvalue weighted by Crippen LogP contribution is -2.42. The summed E-state index contributed by atoms with van der Waals surface area (Å²) in [5, 5.41) is 0. The number of H-pyrrole nitrogens is 1. The van der Waals surface area contributed by atoms with Crippen LogP contribution < -0.4 is 0 Å². The standard InChI is InChI=1S/C18H29N3O2/c1-5-12-8-9-14-15(12)20-16(19-14)13-7-6-10-21(11-13)17(22)23-18(2,3)4/h12-13H,5-11H2,1-4H3,(H,19,20). The Morgan fingerprint density at radius 2 is 2.17 bits per heavy atom. The molecule has 1 fully saturated rings. The number of aromatic nitrogens is 2. The van der Waals surface area contributed by atoms with Crippen molar-refractivity contribution >= 4 is 6.09 Å². The first kappa shape index (κ1) is 16.3. The minimum Gasteiger partial charge on any atom is -0.444 e. The first-order chi connectivity index (χ1) is 10.9. The number of nitrogens with zero attached hydrogens (tertiary/aromatic N) is 2. The van der Waals surface area contributed by atoms with Crippen LogP contribution in [0.2, 0.25) is 0 Å². The number of imidazole rings is 1. The zero-order chi connectivity index (χ0) is 16.6. The predicted molar refractivity (Wildman–Crippen MR) is 89.7 cm³/mol. The van der Waals surface area contributed by atoms with Gasteiger partial charge in [0.25, 0.3) is 0 Å². The summed E-state index contributed by atoms with van der Waals surface area (Å²) in [6.45, 7) is 9.46. The van der Waals surface area contributed by atoms with E-state index in [1.54, 1.807) is 0 Å². The third-order valence-corrected chi connectivity index (χ3v) is 4.91. The van der Waals surface area contributed by atoms with Gasteiger partial charge in [0.05, 0.1) is 5.69 Å². The molecular weight excluding hydrogens is 290 g/mol. The van der Waals surface area contributed by atoms with Gasteiger partial charge in [-0.05, 0) is 52.9 Å². The van der Waals surface area contributed by atoms with Gasteiger partial charge in [-0.3, -0.25) is 0 Å². The Labute approximate surface area is 138 Å². The number of ether oxygens (including phenoxy) is 1. The van der Waals surface area contributed by atoms with Crippen LogP contribution in [0.4, 0.5) is 4.79 Å². The number of aromatic amines is 1. The van der Waals surface area contributed by atoms with Crippen molar-refractivity contribution in [2.45, 2.75) is 77.2 Å². The van der Waals surface area contributed by atoms with Gasteiger partial charge in [0.1, 0.15) is 11.4 Å². The quantitative estimate of drug-likeness (QED) is 0.897. The van der Waals surface area contributed by atoms with Crippen molar-refractivity contribution in [1.29, 1.82) is 0 Å². The van der Waals surface area contributed by atoms with Gasteiger partial charge < -0.3 is 14.6 Å². The smallest absolute Gasteiger partial charge is 0.410 e. The number of carbonyl (C=O) groups excluding carboxylic acids is 1. The van der Waals surface area contributed by atoms with E-state index in [9.17, 15) is 4.79 Å². The van der Waals surface area contributed by atoms with Crippen molar-refractivity contribution in [1.82, 2.24) is 14.9 Å². The molecule has 0 saturated carbocycles. The third kappa shape index (κ3) is 3.54. The highest BCUT2D eigenvalue weighted by atomic mass is 16.6. The molecule has 0 bridgehead atoms. The second kappa shape index (κ2) is 6.17. The summed E-state index contributed by atoms with van der Waals surface area (Å²) in [6.07, 6.45) is 5.39. The maximum Gasteiger partial charge on any atom is 0.410 e. The van der Waals surface area contributed by atoms with E-state index >= 15 is 0 Å². The van der Waals surface area contributed by atoms with E-state index in [1.165, 1.54) is 17.8 Å². The number of nitrogens with one attached hydrogen (secondary N) is 1. The molecule has 2 heterocycles. The molecule has 0 radical (unpaired) electrons. The Morgan fingerprint density at radius 1 is 1.39 bits per heavy atom. The fourth-order valence-electron chi connectivity index (χ4n) is 3.71. The van der Waals surface area contributed by atoms with E-state index in [1.807, 2.05) is 25.7 Å². The molecule has 5 heteroatoms. The lowest BCUT2D eigenvalue weighted by Gasteiger charge is -2.33. The fraction of sp³-hybridized carbons (Fsp3) is 0.778. The zero-order valence-corrected chi connectivity index (χ0v) is 14.8. The van der Waals surface area contributed by atoms with E-state index in [0.717, 1.165) is 38.1 Å². The van der Waals surface area contributed by atoms with Crippen molar-refractivity contribution in [3.05, 3.63) is 17.2 Å². The number of likely N-dealkylation sites (tertiary alicyclic amines) is 1. The van der Waals surface area contributed by atoms with Gasteiger partial charge >= 0.3 is 6.09 Å². The number of carbonyl (C=O) groups is 1. The number of amides is 1. The number of hydrogen-bond donors (Lipinski definition) is 1. The summed E-state index contributed by atoms with van der Waals surface area (Å²) in [5.41, 5.74) is 2.16. The number of aryl methyl sites for hydroxylation is 1. The van der Waals surface area contributed by atoms with Crippen LogP contribution in [0.5, 0.6) is 0 Å². The molecule has 0 aromatic carbocycles. The molecule has 128 valence electrons. The Hall–Kier alpha value is -1.52. The van der Waals surface area contributed by atoms with Crippen LogP contribution in [0.25, 0.3) is 0 Å². The van der Waals surface area contributed by atoms with Crippen molar-refractivity contribution in [2.24, 2.45) is 0 Å². The van der Waals surface area contributed by atoms with Crippen molar-refractivity contribution in [2.75, 3.05) is 13.1 Å². The molecule has 5 nitrogen and oxygen atoms in total. The van der Waals surface area contributed by atoms with Crippen molar-refractivity contribution in [3.63, 3.8) is 0 Å². The van der Waals surface area contributed by atoms with E-state index in [2.05, 4.69) is 11.9 Å². The Morgan fingerprint density at radius 3 is 2.87 bits per heavy atom. The molecule has 1 aliphatic carbocycles. The topological polar surface area (TPSA) is 58.2 Å². The average Bonchev–Trinajstić information content (AvgIpc) is 3.05. The van der Waals surface area contributed by atoms with Crippen LogP contribution in [0, 0.1) is 0 Å². The van der Waals surface area contributed by atoms with E-state index < -0.39 is 5.60 Å². The van der Waals surface area contributed by atoms with Gasteiger partial charge in [-0.2, -0.15) is 0 Å². The van der Waals surface area contributed by atoms with Crippen molar-refractivity contribution in [3.8, 4) is 0 Å². The Kier molecular flexibility index (Phi) is 4.39. The summed E-state index contributed by atoms with van der Waals surface area (Å²) in [6, 6.07) is 0. The molecule has 3 rings (SSSR count). The summed E-state index contributed by atoms with van der Waals surface area (Å²) >= 11 is 0. The molecule has 1 amide bonds. The predicted octanol–water partition coefficient (Wildman–Crippen LogP) is 3.96. The maximum atomic E-state index is 12.3. The summed E-state index contributed by atoms with van der Waals surface area (Å²) in [4.78, 5) is 22.6. The Balaban J connectivity index is 1.68. The lowest BCUT2D eigenvalue weighted by atomic mass is 9.97. The highest BCUT2D eigenvalue weighted by Gasteiger charge is 2.32. The number of rotatable bonds is 2. The van der Waals surface area contributed by atoms with Crippen LogP contribution in [0.15, 0.2) is 0 Å². The molecule has 1 saturated heterocycles. The molecule has 1 N–H and O–H groups in total. The molecule has 2 unspecified atom stereocenters. The van der Waals surface area contributed by atoms with Crippen LogP contribution >= 0.6 is 0 Å². The minimum absolute atomic E-state index is 0.201. The van der Waals surface area contributed by atoms with Gasteiger partial charge in [-0.15, -0.1) is 0 Å². The summed E-state index contributed by atoms with van der Waals surface area (Å²) < 4.78 is 5.51. The second-order valence-electron chi connectivity index (χ2n) is 7.90. The van der Waals surface area contributed by atoms with Gasteiger partial charge in [-0.1, -0.05) is 6.92 Å². The van der Waals surface area contributed by atoms with E-state index in [4.69, 9.17) is 9.72 Å². The monoisotopic (exact) mass is 319 g/mol. The van der Waals surface area contributed by atoms with Crippen molar-refractivity contribution < 1.29 is 9.53 Å². The van der Waals surface area contributed by atoms with Gasteiger partial charge in [0, 0.05) is 30.6 Å². The first-order valence-corrected chi connectivity index (χ1v) is 8.94. The van der Waals surface area contributed by atoms with E-state index in [0.29, 0.717) is 18.4 Å². The number of fused-ring (bicyclic) bond motifs is 1. The van der Waals surface area contributed by atoms with Gasteiger partial charge in [0.15, 0.2) is 0 Å². The molecule has 2 atom stereocenters. The normalized spacial score (nSPS) is 24.6. The highest BCUT2D eigenvalue weighted by molar-refractivity contribution is 5.68. The highest BCUT2D eigenvalue weighted by Crippen LogP contribution is 2.36. The largest absolute Gasteiger partial charge is 0.444 e. The SMILES string of the molecule is CCC1CCc2[nH]c(C3CCCN(C(=O)OC(C)(C)C)C3)nc21. The van der Waals surface area contributed by atoms with Crippen LogP contribution in [-0.2, 0) is 11.2 Å². The molecule has 1 aliphatic heterocycles. The minimum atomic E-state index is -0.440. The third-order valence-electron chi connectivity index (χ3n) is 4.91. The molecule has 23 heavy (non-hydrogen) atoms. The van der Waals surface area contributed by atoms with E-state index in [-0.39, 0.29) is 6.09 Å². The second-order valence-corrected chi connectivity index (χ2v) is 7.90. The summed E-state index contributed by atoms with van der Waals surface area (Å²) in [5.74, 6) is 1.99. The molecular formula is C18H29N3O2. The summed E-state index contributed by atoms with van der Waals surface area (Å²) in [7, 11) is 0. The Bertz CT molecular complexity index is 573. The molecule has 0 spiro atoms. The lowest BCUT2D eigenvalue weighted by molar-refractivity contribution is 0.0196. The van der Waals surface area contributed by atoms with Crippen LogP contribution in [0.3, 0.4) is 0 Å². The average molecular weight is 319 g/mol. The zero-order valence-electron chi connectivity index (χ0n) is 14.8. The van der Waals surface area contributed by atoms with Crippen LogP contribution in [0.1, 0.15) is 82.4 Å². The molecule has 1 aromatic heterocycles. The van der Waals surface area contributed by atoms with Gasteiger partial charge in [-0.25, -0.2) is 9.78 Å². The molecule has 2 aliphatic rings. The number of piperidine rings is 1. The molecule has 1 aromatic rings. The number of hydrogen-bond acceptors (Lipinski definition) is 3. The fourth-order valence-corrected chi connectivity index (χ4v) is 3.71. The van der Waals surface area contributed by atoms with Gasteiger partial charge in [0.2, 0.25) is 0 Å².